The zero-order valence-corrected chi connectivity index (χ0v) is 17.6. The number of hydrogen-bond donors (Lipinski definition) is 0. The summed E-state index contributed by atoms with van der Waals surface area (Å²) >= 11 is 0. The molecular weight excluding hydrogens is 362 g/mol. The molecule has 0 amide bonds. The summed E-state index contributed by atoms with van der Waals surface area (Å²) in [7, 11) is 1.20. The van der Waals surface area contributed by atoms with E-state index in [0.29, 0.717) is 0 Å². The van der Waals surface area contributed by atoms with E-state index in [4.69, 9.17) is 0 Å². The Kier molecular flexibility index (Phi) is 17.0. The fourth-order valence-electron chi connectivity index (χ4n) is 1.42. The van der Waals surface area contributed by atoms with E-state index in [1.165, 1.54) is 31.2 Å². The minimum absolute atomic E-state index is 0. The first-order chi connectivity index (χ1) is 9.59. The van der Waals surface area contributed by atoms with Crippen LogP contribution in [0.3, 0.4) is 0 Å². The van der Waals surface area contributed by atoms with Gasteiger partial charge in [-0.2, -0.15) is 23.0 Å². The van der Waals surface area contributed by atoms with E-state index in [1.54, 1.807) is 0 Å². The maximum Gasteiger partial charge on any atom is 2.00 e. The zero-order valence-electron chi connectivity index (χ0n) is 14.2. The maximum atomic E-state index is 3.10. The average molecular weight is 388 g/mol. The summed E-state index contributed by atoms with van der Waals surface area (Å²) in [6, 6.07) is 2.04. The molecule has 0 unspecified atom stereocenters. The van der Waals surface area contributed by atoms with Gasteiger partial charge in [0.25, 0.3) is 0 Å². The Morgan fingerprint density at radius 2 is 1.14 bits per heavy atom. The van der Waals surface area contributed by atoms with Crippen LogP contribution in [-0.2, 0) is 26.2 Å². The zero-order chi connectivity index (χ0) is 14.8. The summed E-state index contributed by atoms with van der Waals surface area (Å²) in [6.07, 6.45) is 16.5. The van der Waals surface area contributed by atoms with Gasteiger partial charge in [-0.3, -0.25) is 0 Å². The van der Waals surface area contributed by atoms with Crippen LogP contribution in [0.5, 0.6) is 0 Å². The average Bonchev–Trinajstić information content (AvgIpc) is 3.08. The molecule has 3 rings (SSSR count). The van der Waals surface area contributed by atoms with Crippen molar-refractivity contribution in [3.63, 3.8) is 0 Å². The Balaban J connectivity index is 0. The van der Waals surface area contributed by atoms with E-state index in [1.807, 2.05) is 31.7 Å². The molecule has 114 valence electrons. The van der Waals surface area contributed by atoms with Gasteiger partial charge in [-0.05, 0) is 63.2 Å². The molecule has 0 atom stereocenters. The molecule has 2 heteroatoms. The van der Waals surface area contributed by atoms with Crippen LogP contribution in [0.4, 0.5) is 0 Å². The van der Waals surface area contributed by atoms with Crippen molar-refractivity contribution in [2.45, 2.75) is 27.7 Å². The van der Waals surface area contributed by atoms with Gasteiger partial charge in [0.05, 0.1) is 0 Å². The van der Waals surface area contributed by atoms with Crippen LogP contribution in [0.25, 0.3) is 0 Å². The van der Waals surface area contributed by atoms with E-state index >= 15 is 0 Å². The molecule has 0 aliphatic heterocycles. The molecule has 2 fully saturated rings. The number of rotatable bonds is 0. The molecule has 1 aromatic heterocycles. The molecular formula is C20H25PZr. The molecule has 1 aromatic rings. The van der Waals surface area contributed by atoms with E-state index in [2.05, 4.69) is 65.0 Å². The predicted molar refractivity (Wildman–Crippen MR) is 95.9 cm³/mol. The smallest absolute Gasteiger partial charge is 0.358 e. The minimum atomic E-state index is 0. The summed E-state index contributed by atoms with van der Waals surface area (Å²) in [5.41, 5.74) is 2.72. The predicted octanol–water partition coefficient (Wildman–Crippen LogP) is 5.95. The van der Waals surface area contributed by atoms with E-state index in [9.17, 15) is 0 Å². The van der Waals surface area contributed by atoms with Gasteiger partial charge in [-0.1, -0.05) is 27.7 Å². The minimum Gasteiger partial charge on any atom is -0.358 e. The largest absolute Gasteiger partial charge is 2.00 e. The Labute approximate surface area is 161 Å². The van der Waals surface area contributed by atoms with Crippen LogP contribution in [0.15, 0.2) is 11.9 Å². The Hall–Kier alpha value is 0.533. The van der Waals surface area contributed by atoms with Crippen LogP contribution < -0.4 is 0 Å². The monoisotopic (exact) mass is 386 g/mol. The quantitative estimate of drug-likeness (QED) is 0.482. The van der Waals surface area contributed by atoms with Gasteiger partial charge in [0, 0.05) is 0 Å². The second kappa shape index (κ2) is 15.1. The van der Waals surface area contributed by atoms with Crippen LogP contribution in [0, 0.1) is 90.3 Å². The van der Waals surface area contributed by atoms with Crippen molar-refractivity contribution in [1.29, 1.82) is 0 Å². The summed E-state index contributed by atoms with van der Waals surface area (Å²) < 4.78 is 0. The Morgan fingerprint density at radius 3 is 1.32 bits per heavy atom. The summed E-state index contributed by atoms with van der Waals surface area (Å²) in [5.74, 6) is 7.95. The first kappa shape index (κ1) is 24.8. The van der Waals surface area contributed by atoms with Gasteiger partial charge in [0.2, 0.25) is 0 Å². The topological polar surface area (TPSA) is 0 Å². The van der Waals surface area contributed by atoms with Gasteiger partial charge in [0.15, 0.2) is 0 Å². The molecule has 0 nitrogen and oxygen atoms in total. The van der Waals surface area contributed by atoms with Crippen molar-refractivity contribution in [1.82, 2.24) is 0 Å². The van der Waals surface area contributed by atoms with Gasteiger partial charge in [0.1, 0.15) is 0 Å². The van der Waals surface area contributed by atoms with Gasteiger partial charge in [-0.15, -0.1) is 5.80 Å². The Morgan fingerprint density at radius 1 is 0.727 bits per heavy atom. The van der Waals surface area contributed by atoms with Crippen molar-refractivity contribution in [2.24, 2.45) is 0 Å². The van der Waals surface area contributed by atoms with Gasteiger partial charge in [-0.25, -0.2) is 8.19 Å². The third-order valence-corrected chi connectivity index (χ3v) is 3.69. The van der Waals surface area contributed by atoms with Crippen LogP contribution in [0.2, 0.25) is 0 Å². The summed E-state index contributed by atoms with van der Waals surface area (Å²) in [4.78, 5) is 0. The molecule has 1 heterocycles. The first-order valence-electron chi connectivity index (χ1n) is 6.75. The molecule has 10 radical (unpaired) electrons. The van der Waals surface area contributed by atoms with Crippen molar-refractivity contribution in [3.05, 3.63) is 99.4 Å². The van der Waals surface area contributed by atoms with Gasteiger partial charge >= 0.3 is 26.2 Å². The fourth-order valence-corrected chi connectivity index (χ4v) is 2.16. The Bertz CT molecular complexity index is 317. The van der Waals surface area contributed by atoms with Crippen LogP contribution in [0.1, 0.15) is 25.0 Å². The SMILES string of the molecule is C[C]1[CH][CH][CH][CH]1.C[C]1[CH][CH][CH][CH]1.Cc1c[c-]pcc1C.[CH3-].[Zr+2]. The van der Waals surface area contributed by atoms with Crippen LogP contribution in [-0.4, -0.2) is 0 Å². The van der Waals surface area contributed by atoms with E-state index in [0.717, 1.165) is 0 Å². The normalized spacial score (nSPS) is 17.6. The number of hydrogen-bond acceptors (Lipinski definition) is 0. The summed E-state index contributed by atoms with van der Waals surface area (Å²) in [5, 5.41) is 0. The van der Waals surface area contributed by atoms with Crippen molar-refractivity contribution in [2.75, 3.05) is 0 Å². The number of aryl methyl sites for hydroxylation is 2. The standard InChI is InChI=1S/C7H8P.2C6H7.CH3.Zr/c1-6-3-4-8-5-7(6)2;2*1-6-4-2-3-5-6;;/h3,5H,1-2H3;2*2-5H,1H3;1H3;/q-1;;;-1;+2. The molecule has 0 bridgehead atoms. The molecule has 0 saturated heterocycles. The second-order valence-corrected chi connectivity index (χ2v) is 5.60. The fraction of sp³-hybridized carbons (Fsp3) is 0.200. The summed E-state index contributed by atoms with van der Waals surface area (Å²) in [6.45, 7) is 8.40. The first-order valence-corrected chi connectivity index (χ1v) is 7.72. The molecule has 0 N–H and O–H groups in total. The third kappa shape index (κ3) is 12.0. The molecule has 22 heavy (non-hydrogen) atoms. The van der Waals surface area contributed by atoms with Gasteiger partial charge < -0.3 is 7.43 Å². The van der Waals surface area contributed by atoms with E-state index < -0.39 is 0 Å². The second-order valence-electron chi connectivity index (χ2n) is 4.82. The van der Waals surface area contributed by atoms with Crippen molar-refractivity contribution < 1.29 is 26.2 Å². The molecule has 2 aliphatic carbocycles. The molecule has 2 aliphatic rings. The molecule has 2 saturated carbocycles. The third-order valence-electron chi connectivity index (χ3n) is 2.89. The molecule has 0 spiro atoms. The maximum absolute atomic E-state index is 3.10. The van der Waals surface area contributed by atoms with Crippen LogP contribution >= 0.6 is 8.19 Å². The molecule has 0 aromatic carbocycles. The van der Waals surface area contributed by atoms with E-state index in [-0.39, 0.29) is 33.6 Å². The van der Waals surface area contributed by atoms with Crippen molar-refractivity contribution in [3.8, 4) is 0 Å². The van der Waals surface area contributed by atoms with Crippen molar-refractivity contribution >= 4 is 8.19 Å².